The Bertz CT molecular complexity index is 1430. The molecule has 176 valence electrons. The van der Waals surface area contributed by atoms with Crippen LogP contribution in [-0.4, -0.2) is 49.4 Å². The zero-order chi connectivity index (χ0) is 24.4. The largest absolute Gasteiger partial charge is 0.480 e. The van der Waals surface area contributed by atoms with Crippen molar-refractivity contribution in [1.29, 1.82) is 0 Å². The van der Waals surface area contributed by atoms with Gasteiger partial charge in [-0.3, -0.25) is 4.79 Å². The summed E-state index contributed by atoms with van der Waals surface area (Å²) in [6.07, 6.45) is 5.58. The van der Waals surface area contributed by atoms with Crippen LogP contribution in [0.3, 0.4) is 0 Å². The second-order valence-corrected chi connectivity index (χ2v) is 7.88. The zero-order valence-corrected chi connectivity index (χ0v) is 18.3. The Morgan fingerprint density at radius 2 is 1.94 bits per heavy atom. The SMILES string of the molecule is O=C(O)C1CCCN1C(=O)C=Cc1ccc(-c2nc3cnc(Oc4ccccc4F)nc3o2)cc1. The van der Waals surface area contributed by atoms with E-state index < -0.39 is 17.8 Å². The third-order valence-corrected chi connectivity index (χ3v) is 5.56. The standard InChI is InChI=1S/C25H19FN4O5/c26-17-4-1-2-6-20(17)34-25-27-14-18-23(29-25)35-22(28-18)16-10-7-15(8-11-16)9-12-21(31)30-13-3-5-19(30)24(32)33/h1-2,4,6-12,14,19H,3,5,13H2,(H,32,33). The smallest absolute Gasteiger partial charge is 0.326 e. The van der Waals surface area contributed by atoms with Gasteiger partial charge in [-0.25, -0.2) is 19.2 Å². The quantitative estimate of drug-likeness (QED) is 0.411. The first kappa shape index (κ1) is 22.2. The van der Waals surface area contributed by atoms with Crippen molar-refractivity contribution < 1.29 is 28.2 Å². The molecule has 1 aliphatic heterocycles. The lowest BCUT2D eigenvalue weighted by atomic mass is 10.1. The summed E-state index contributed by atoms with van der Waals surface area (Å²) >= 11 is 0. The first-order valence-electron chi connectivity index (χ1n) is 10.9. The van der Waals surface area contributed by atoms with Crippen LogP contribution in [0.5, 0.6) is 11.8 Å². The molecule has 9 nitrogen and oxygen atoms in total. The van der Waals surface area contributed by atoms with Gasteiger partial charge in [0.05, 0.1) is 6.20 Å². The van der Waals surface area contributed by atoms with Gasteiger partial charge in [0.1, 0.15) is 11.6 Å². The predicted molar refractivity (Wildman–Crippen MR) is 123 cm³/mol. The van der Waals surface area contributed by atoms with Gasteiger partial charge in [-0.2, -0.15) is 4.98 Å². The van der Waals surface area contributed by atoms with E-state index >= 15 is 0 Å². The van der Waals surface area contributed by atoms with E-state index in [1.807, 2.05) is 0 Å². The van der Waals surface area contributed by atoms with Crippen molar-refractivity contribution >= 4 is 29.2 Å². The lowest BCUT2D eigenvalue weighted by Crippen LogP contribution is -2.39. The number of aromatic nitrogens is 3. The summed E-state index contributed by atoms with van der Waals surface area (Å²) in [6.45, 7) is 0.437. The first-order chi connectivity index (χ1) is 17.0. The number of fused-ring (bicyclic) bond motifs is 1. The summed E-state index contributed by atoms with van der Waals surface area (Å²) in [6, 6.07) is 12.2. The van der Waals surface area contributed by atoms with E-state index in [1.54, 1.807) is 42.5 Å². The van der Waals surface area contributed by atoms with E-state index in [0.29, 0.717) is 36.4 Å². The van der Waals surface area contributed by atoms with Crippen LogP contribution in [0.1, 0.15) is 18.4 Å². The van der Waals surface area contributed by atoms with Gasteiger partial charge in [0.2, 0.25) is 11.8 Å². The molecule has 2 aromatic carbocycles. The molecule has 5 rings (SSSR count). The van der Waals surface area contributed by atoms with E-state index in [-0.39, 0.29) is 23.4 Å². The summed E-state index contributed by atoms with van der Waals surface area (Å²) in [4.78, 5) is 37.6. The van der Waals surface area contributed by atoms with E-state index in [4.69, 9.17) is 9.15 Å². The molecular weight excluding hydrogens is 455 g/mol. The molecule has 1 amide bonds. The minimum Gasteiger partial charge on any atom is -0.480 e. The highest BCUT2D eigenvalue weighted by Gasteiger charge is 2.32. The number of rotatable bonds is 6. The van der Waals surface area contributed by atoms with Crippen molar-refractivity contribution in [2.45, 2.75) is 18.9 Å². The third-order valence-electron chi connectivity index (χ3n) is 5.56. The molecule has 1 N–H and O–H groups in total. The minimum absolute atomic E-state index is 0.00285. The van der Waals surface area contributed by atoms with Crippen LogP contribution < -0.4 is 4.74 Å². The monoisotopic (exact) mass is 474 g/mol. The van der Waals surface area contributed by atoms with Gasteiger partial charge < -0.3 is 19.2 Å². The van der Waals surface area contributed by atoms with E-state index in [2.05, 4.69) is 15.0 Å². The number of benzene rings is 2. The number of carbonyl (C=O) groups excluding carboxylic acids is 1. The van der Waals surface area contributed by atoms with Gasteiger partial charge in [0, 0.05) is 18.2 Å². The molecule has 1 saturated heterocycles. The van der Waals surface area contributed by atoms with Gasteiger partial charge in [-0.1, -0.05) is 24.3 Å². The van der Waals surface area contributed by atoms with E-state index in [1.165, 1.54) is 29.3 Å². The van der Waals surface area contributed by atoms with Crippen LogP contribution in [0.4, 0.5) is 4.39 Å². The number of hydrogen-bond acceptors (Lipinski definition) is 7. The first-order valence-corrected chi connectivity index (χ1v) is 10.9. The second kappa shape index (κ2) is 9.34. The molecule has 1 unspecified atom stereocenters. The zero-order valence-electron chi connectivity index (χ0n) is 18.3. The van der Waals surface area contributed by atoms with Gasteiger partial charge in [-0.05, 0) is 48.7 Å². The number of hydrogen-bond donors (Lipinski definition) is 1. The van der Waals surface area contributed by atoms with Gasteiger partial charge >= 0.3 is 12.0 Å². The lowest BCUT2D eigenvalue weighted by molar-refractivity contribution is -0.146. The van der Waals surface area contributed by atoms with Crippen molar-refractivity contribution in [2.75, 3.05) is 6.54 Å². The average Bonchev–Trinajstić information content (AvgIpc) is 3.52. The number of para-hydroxylation sites is 1. The van der Waals surface area contributed by atoms with E-state index in [9.17, 15) is 19.1 Å². The number of amides is 1. The average molecular weight is 474 g/mol. The van der Waals surface area contributed by atoms with Crippen LogP contribution in [0.25, 0.3) is 28.8 Å². The summed E-state index contributed by atoms with van der Waals surface area (Å²) < 4.78 is 24.9. The van der Waals surface area contributed by atoms with Crippen molar-refractivity contribution in [3.8, 4) is 23.2 Å². The third kappa shape index (κ3) is 4.72. The summed E-state index contributed by atoms with van der Waals surface area (Å²) in [7, 11) is 0. The van der Waals surface area contributed by atoms with Crippen molar-refractivity contribution in [3.05, 3.63) is 72.2 Å². The van der Waals surface area contributed by atoms with Crippen LogP contribution in [0.15, 0.2) is 65.2 Å². The highest BCUT2D eigenvalue weighted by molar-refractivity contribution is 5.94. The normalized spacial score (nSPS) is 15.7. The Hall–Kier alpha value is -4.60. The molecule has 1 aliphatic rings. The van der Waals surface area contributed by atoms with Crippen molar-refractivity contribution in [2.24, 2.45) is 0 Å². The highest BCUT2D eigenvalue weighted by atomic mass is 19.1. The number of nitrogens with zero attached hydrogens (tertiary/aromatic N) is 4. The van der Waals surface area contributed by atoms with Crippen molar-refractivity contribution in [3.63, 3.8) is 0 Å². The predicted octanol–water partition coefficient (Wildman–Crippen LogP) is 4.31. The molecule has 1 atom stereocenters. The molecule has 0 radical (unpaired) electrons. The molecule has 35 heavy (non-hydrogen) atoms. The Labute approximate surface area is 198 Å². The molecule has 0 bridgehead atoms. The molecule has 4 aromatic rings. The van der Waals surface area contributed by atoms with Gasteiger partial charge in [0.25, 0.3) is 5.71 Å². The number of carbonyl (C=O) groups is 2. The Morgan fingerprint density at radius 1 is 1.14 bits per heavy atom. The molecular formula is C25H19FN4O5. The molecule has 0 spiro atoms. The number of oxazole rings is 1. The highest BCUT2D eigenvalue weighted by Crippen LogP contribution is 2.26. The summed E-state index contributed by atoms with van der Waals surface area (Å²) in [5, 5.41) is 9.24. The van der Waals surface area contributed by atoms with Crippen LogP contribution >= 0.6 is 0 Å². The Balaban J connectivity index is 1.29. The van der Waals surface area contributed by atoms with E-state index in [0.717, 1.165) is 5.56 Å². The number of carboxylic acid groups (broad SMARTS) is 1. The maximum Gasteiger partial charge on any atom is 0.326 e. The fraction of sp³-hybridized carbons (Fsp3) is 0.160. The number of carboxylic acids is 1. The van der Waals surface area contributed by atoms with Gasteiger partial charge in [0.15, 0.2) is 11.6 Å². The Kier molecular flexibility index (Phi) is 5.92. The minimum atomic E-state index is -0.984. The Morgan fingerprint density at radius 3 is 2.71 bits per heavy atom. The number of halogens is 1. The fourth-order valence-electron chi connectivity index (χ4n) is 3.81. The van der Waals surface area contributed by atoms with Crippen LogP contribution in [0, 0.1) is 5.82 Å². The van der Waals surface area contributed by atoms with Crippen LogP contribution in [-0.2, 0) is 9.59 Å². The maximum absolute atomic E-state index is 13.8. The maximum atomic E-state index is 13.8. The number of ether oxygens (including phenoxy) is 1. The fourth-order valence-corrected chi connectivity index (χ4v) is 3.81. The van der Waals surface area contributed by atoms with Crippen LogP contribution in [0.2, 0.25) is 0 Å². The molecule has 0 saturated carbocycles. The number of aliphatic carboxylic acids is 1. The summed E-state index contributed by atoms with van der Waals surface area (Å²) in [5.41, 5.74) is 2.03. The molecule has 3 heterocycles. The molecule has 1 fully saturated rings. The molecule has 2 aromatic heterocycles. The number of likely N-dealkylation sites (tertiary alicyclic amines) is 1. The topological polar surface area (TPSA) is 119 Å². The lowest BCUT2D eigenvalue weighted by Gasteiger charge is -2.19. The summed E-state index contributed by atoms with van der Waals surface area (Å²) in [5.74, 6) is -1.54. The molecule has 10 heteroatoms. The second-order valence-electron chi connectivity index (χ2n) is 7.88. The van der Waals surface area contributed by atoms with Gasteiger partial charge in [-0.15, -0.1) is 0 Å². The van der Waals surface area contributed by atoms with Crippen molar-refractivity contribution in [1.82, 2.24) is 19.9 Å². The molecule has 0 aliphatic carbocycles.